The van der Waals surface area contributed by atoms with Gasteiger partial charge in [0.05, 0.1) is 13.2 Å². The third-order valence-corrected chi connectivity index (χ3v) is 3.00. The van der Waals surface area contributed by atoms with Crippen LogP contribution >= 0.6 is 15.9 Å². The number of halogens is 1. The molecule has 3 nitrogen and oxygen atoms in total. The summed E-state index contributed by atoms with van der Waals surface area (Å²) in [7, 11) is 1.66. The molecule has 1 rings (SSSR count). The summed E-state index contributed by atoms with van der Waals surface area (Å²) in [6, 6.07) is 3.97. The first-order valence-corrected chi connectivity index (χ1v) is 6.61. The quantitative estimate of drug-likeness (QED) is 0.874. The van der Waals surface area contributed by atoms with Crippen LogP contribution in [0.3, 0.4) is 0 Å². The summed E-state index contributed by atoms with van der Waals surface area (Å²) < 4.78 is 12.1. The zero-order valence-electron chi connectivity index (χ0n) is 10.8. The van der Waals surface area contributed by atoms with Crippen molar-refractivity contribution in [3.8, 4) is 11.5 Å². The van der Waals surface area contributed by atoms with Crippen LogP contribution in [-0.2, 0) is 6.54 Å². The van der Waals surface area contributed by atoms with Crippen LogP contribution in [0.5, 0.6) is 11.5 Å². The van der Waals surface area contributed by atoms with Crippen molar-refractivity contribution in [1.82, 2.24) is 5.32 Å². The van der Waals surface area contributed by atoms with E-state index in [2.05, 4.69) is 28.2 Å². The highest BCUT2D eigenvalue weighted by Crippen LogP contribution is 2.34. The lowest BCUT2D eigenvalue weighted by Gasteiger charge is -2.16. The second-order valence-electron chi connectivity index (χ2n) is 4.04. The number of nitrogens with one attached hydrogen (secondary N) is 1. The summed E-state index contributed by atoms with van der Waals surface area (Å²) in [5, 5.41) is 3.29. The number of ether oxygens (including phenoxy) is 2. The van der Waals surface area contributed by atoms with Gasteiger partial charge in [0, 0.05) is 11.0 Å². The van der Waals surface area contributed by atoms with Gasteiger partial charge >= 0.3 is 0 Å². The molecule has 17 heavy (non-hydrogen) atoms. The van der Waals surface area contributed by atoms with Crippen molar-refractivity contribution in [2.24, 2.45) is 0 Å². The second kappa shape index (κ2) is 6.87. The van der Waals surface area contributed by atoms with Crippen LogP contribution in [0.25, 0.3) is 0 Å². The number of hydrogen-bond donors (Lipinski definition) is 1. The predicted molar refractivity (Wildman–Crippen MR) is 73.8 cm³/mol. The van der Waals surface area contributed by atoms with E-state index in [0.29, 0.717) is 0 Å². The van der Waals surface area contributed by atoms with E-state index >= 15 is 0 Å². The highest BCUT2D eigenvalue weighted by atomic mass is 79.9. The first kappa shape index (κ1) is 14.3. The molecule has 0 amide bonds. The molecule has 0 atom stereocenters. The van der Waals surface area contributed by atoms with Gasteiger partial charge in [0.2, 0.25) is 0 Å². The molecule has 0 spiro atoms. The summed E-state index contributed by atoms with van der Waals surface area (Å²) in [5.74, 6) is 1.55. The minimum Gasteiger partial charge on any atom is -0.493 e. The molecule has 0 aliphatic carbocycles. The Hall–Kier alpha value is -0.740. The molecule has 1 aromatic rings. The average Bonchev–Trinajstić information content (AvgIpc) is 2.27. The van der Waals surface area contributed by atoms with Crippen LogP contribution in [-0.4, -0.2) is 19.8 Å². The molecule has 0 fully saturated rings. The fourth-order valence-corrected chi connectivity index (χ4v) is 1.94. The number of methoxy groups -OCH3 is 1. The van der Waals surface area contributed by atoms with Crippen molar-refractivity contribution >= 4 is 15.9 Å². The summed E-state index contributed by atoms with van der Waals surface area (Å²) in [6.07, 6.45) is 0.135. The minimum atomic E-state index is 0.135. The molecular formula is C13H20BrNO2. The van der Waals surface area contributed by atoms with Gasteiger partial charge in [-0.25, -0.2) is 0 Å². The normalized spacial score (nSPS) is 10.7. The van der Waals surface area contributed by atoms with Gasteiger partial charge in [0.25, 0.3) is 0 Å². The van der Waals surface area contributed by atoms with Gasteiger partial charge in [0.15, 0.2) is 11.5 Å². The molecule has 96 valence electrons. The van der Waals surface area contributed by atoms with E-state index < -0.39 is 0 Å². The van der Waals surface area contributed by atoms with Crippen LogP contribution < -0.4 is 14.8 Å². The zero-order chi connectivity index (χ0) is 12.8. The Kier molecular flexibility index (Phi) is 5.78. The molecule has 0 saturated heterocycles. The molecule has 0 aliphatic heterocycles. The van der Waals surface area contributed by atoms with Gasteiger partial charge in [-0.2, -0.15) is 0 Å². The van der Waals surface area contributed by atoms with E-state index in [9.17, 15) is 0 Å². The molecule has 4 heteroatoms. The maximum Gasteiger partial charge on any atom is 0.162 e. The van der Waals surface area contributed by atoms with Crippen molar-refractivity contribution in [3.05, 3.63) is 22.2 Å². The van der Waals surface area contributed by atoms with E-state index in [1.165, 1.54) is 5.56 Å². The number of hydrogen-bond acceptors (Lipinski definition) is 3. The Morgan fingerprint density at radius 2 is 2.00 bits per heavy atom. The summed E-state index contributed by atoms with van der Waals surface area (Å²) in [6.45, 7) is 7.84. The molecule has 0 heterocycles. The van der Waals surface area contributed by atoms with Gasteiger partial charge in [-0.15, -0.1) is 0 Å². The van der Waals surface area contributed by atoms with E-state index in [1.807, 2.05) is 26.0 Å². The van der Waals surface area contributed by atoms with Crippen LogP contribution in [0.15, 0.2) is 16.6 Å². The van der Waals surface area contributed by atoms with Gasteiger partial charge in [-0.05, 0) is 38.1 Å². The fourth-order valence-electron chi connectivity index (χ4n) is 1.48. The molecular weight excluding hydrogens is 282 g/mol. The van der Waals surface area contributed by atoms with Crippen molar-refractivity contribution in [2.75, 3.05) is 13.7 Å². The van der Waals surface area contributed by atoms with Gasteiger partial charge in [-0.1, -0.05) is 22.9 Å². The Morgan fingerprint density at radius 3 is 2.53 bits per heavy atom. The lowest BCUT2D eigenvalue weighted by Crippen LogP contribution is -2.13. The highest BCUT2D eigenvalue weighted by molar-refractivity contribution is 9.10. The summed E-state index contributed by atoms with van der Waals surface area (Å²) in [5.41, 5.74) is 1.17. The number of benzene rings is 1. The van der Waals surface area contributed by atoms with E-state index in [-0.39, 0.29) is 6.10 Å². The topological polar surface area (TPSA) is 30.5 Å². The first-order chi connectivity index (χ1) is 8.08. The van der Waals surface area contributed by atoms with E-state index in [4.69, 9.17) is 9.47 Å². The maximum absolute atomic E-state index is 5.70. The smallest absolute Gasteiger partial charge is 0.162 e. The molecule has 1 N–H and O–H groups in total. The standard InChI is InChI=1S/C13H20BrNO2/c1-5-15-8-10-6-12(16-4)13(7-11(10)14)17-9(2)3/h6-7,9,15H,5,8H2,1-4H3. The average molecular weight is 302 g/mol. The Bertz CT molecular complexity index is 367. The van der Waals surface area contributed by atoms with Crippen LogP contribution in [0, 0.1) is 0 Å². The molecule has 0 bridgehead atoms. The Balaban J connectivity index is 2.97. The molecule has 1 aromatic carbocycles. The van der Waals surface area contributed by atoms with Gasteiger partial charge in [0.1, 0.15) is 0 Å². The molecule has 0 saturated carbocycles. The molecule has 0 radical (unpaired) electrons. The van der Waals surface area contributed by atoms with E-state index in [1.54, 1.807) is 7.11 Å². The maximum atomic E-state index is 5.70. The van der Waals surface area contributed by atoms with Gasteiger partial charge in [-0.3, -0.25) is 0 Å². The monoisotopic (exact) mass is 301 g/mol. The largest absolute Gasteiger partial charge is 0.493 e. The summed E-state index contributed by atoms with van der Waals surface area (Å²) >= 11 is 3.56. The third-order valence-electron chi connectivity index (χ3n) is 2.26. The van der Waals surface area contributed by atoms with Crippen molar-refractivity contribution < 1.29 is 9.47 Å². The zero-order valence-corrected chi connectivity index (χ0v) is 12.4. The van der Waals surface area contributed by atoms with E-state index in [0.717, 1.165) is 29.1 Å². The molecule has 0 aromatic heterocycles. The summed E-state index contributed by atoms with van der Waals surface area (Å²) in [4.78, 5) is 0. The third kappa shape index (κ3) is 4.21. The fraction of sp³-hybridized carbons (Fsp3) is 0.538. The molecule has 0 unspecified atom stereocenters. The Labute approximate surface area is 112 Å². The predicted octanol–water partition coefficient (Wildman–Crippen LogP) is 3.35. The van der Waals surface area contributed by atoms with Crippen LogP contribution in [0.1, 0.15) is 26.3 Å². The van der Waals surface area contributed by atoms with Crippen molar-refractivity contribution in [3.63, 3.8) is 0 Å². The highest BCUT2D eigenvalue weighted by Gasteiger charge is 2.11. The van der Waals surface area contributed by atoms with Crippen molar-refractivity contribution in [1.29, 1.82) is 0 Å². The first-order valence-electron chi connectivity index (χ1n) is 5.82. The van der Waals surface area contributed by atoms with Crippen LogP contribution in [0.4, 0.5) is 0 Å². The minimum absolute atomic E-state index is 0.135. The Morgan fingerprint density at radius 1 is 1.29 bits per heavy atom. The van der Waals surface area contributed by atoms with Gasteiger partial charge < -0.3 is 14.8 Å². The number of rotatable bonds is 6. The second-order valence-corrected chi connectivity index (χ2v) is 4.90. The SMILES string of the molecule is CCNCc1cc(OC)c(OC(C)C)cc1Br. The lowest BCUT2D eigenvalue weighted by atomic mass is 10.2. The van der Waals surface area contributed by atoms with Crippen LogP contribution in [0.2, 0.25) is 0 Å². The lowest BCUT2D eigenvalue weighted by molar-refractivity contribution is 0.230. The van der Waals surface area contributed by atoms with Crippen molar-refractivity contribution in [2.45, 2.75) is 33.4 Å². The molecule has 0 aliphatic rings.